The molecule has 4 aromatic rings. The second kappa shape index (κ2) is 5.17. The van der Waals surface area contributed by atoms with E-state index in [1.165, 1.54) is 10.8 Å². The van der Waals surface area contributed by atoms with Crippen molar-refractivity contribution in [1.82, 2.24) is 0 Å². The molecule has 22 heavy (non-hydrogen) atoms. The number of fused-ring (bicyclic) bond motifs is 2. The van der Waals surface area contributed by atoms with Crippen LogP contribution in [0.1, 0.15) is 0 Å². The Kier molecular flexibility index (Phi) is 3.02. The molecule has 0 radical (unpaired) electrons. The lowest BCUT2D eigenvalue weighted by Gasteiger charge is -2.22. The van der Waals surface area contributed by atoms with E-state index in [1.807, 2.05) is 36.4 Å². The molecule has 0 amide bonds. The highest BCUT2D eigenvalue weighted by molar-refractivity contribution is 6.01. The molecule has 0 aromatic heterocycles. The monoisotopic (exact) mass is 284 g/mol. The van der Waals surface area contributed by atoms with Gasteiger partial charge in [0, 0.05) is 10.8 Å². The van der Waals surface area contributed by atoms with Crippen LogP contribution in [0.25, 0.3) is 21.5 Å². The molecule has 4 aromatic carbocycles. The summed E-state index contributed by atoms with van der Waals surface area (Å²) >= 11 is 0. The lowest BCUT2D eigenvalue weighted by Crippen LogP contribution is -2.25. The minimum Gasteiger partial charge on any atom is -0.278 e. The van der Waals surface area contributed by atoms with E-state index in [1.54, 1.807) is 5.01 Å². The molecule has 0 unspecified atom stereocenters. The van der Waals surface area contributed by atoms with Crippen LogP contribution in [0.4, 0.5) is 11.4 Å². The maximum absolute atomic E-state index is 6.48. The van der Waals surface area contributed by atoms with Gasteiger partial charge in [0.2, 0.25) is 0 Å². The predicted octanol–water partition coefficient (Wildman–Crippen LogP) is 5.00. The topological polar surface area (TPSA) is 29.3 Å². The number of rotatable bonds is 2. The average Bonchev–Trinajstić information content (AvgIpc) is 2.60. The van der Waals surface area contributed by atoms with E-state index < -0.39 is 0 Å². The van der Waals surface area contributed by atoms with Crippen LogP contribution < -0.4 is 10.9 Å². The van der Waals surface area contributed by atoms with E-state index in [2.05, 4.69) is 48.5 Å². The predicted molar refractivity (Wildman–Crippen MR) is 94.2 cm³/mol. The van der Waals surface area contributed by atoms with Gasteiger partial charge in [-0.15, -0.1) is 0 Å². The summed E-state index contributed by atoms with van der Waals surface area (Å²) in [7, 11) is 0. The van der Waals surface area contributed by atoms with Crippen LogP contribution in [0, 0.1) is 0 Å². The van der Waals surface area contributed by atoms with Crippen LogP contribution in [0.2, 0.25) is 0 Å². The van der Waals surface area contributed by atoms with Crippen LogP contribution in [-0.4, -0.2) is 0 Å². The molecule has 0 bridgehead atoms. The maximum Gasteiger partial charge on any atom is 0.0653 e. The van der Waals surface area contributed by atoms with Crippen molar-refractivity contribution in [2.24, 2.45) is 5.84 Å². The smallest absolute Gasteiger partial charge is 0.0653 e. The fourth-order valence-electron chi connectivity index (χ4n) is 2.97. The lowest BCUT2D eigenvalue weighted by molar-refractivity contribution is 1.10. The highest BCUT2D eigenvalue weighted by atomic mass is 15.4. The lowest BCUT2D eigenvalue weighted by atomic mass is 10.1. The Morgan fingerprint density at radius 2 is 0.909 bits per heavy atom. The fourth-order valence-corrected chi connectivity index (χ4v) is 2.97. The molecule has 4 rings (SSSR count). The Bertz CT molecular complexity index is 870. The van der Waals surface area contributed by atoms with Gasteiger partial charge in [0.1, 0.15) is 0 Å². The summed E-state index contributed by atoms with van der Waals surface area (Å²) in [6, 6.07) is 29.0. The Morgan fingerprint density at radius 1 is 0.500 bits per heavy atom. The largest absolute Gasteiger partial charge is 0.278 e. The minimum atomic E-state index is 1.01. The van der Waals surface area contributed by atoms with E-state index in [4.69, 9.17) is 5.84 Å². The normalized spacial score (nSPS) is 11.0. The molecule has 0 aliphatic heterocycles. The van der Waals surface area contributed by atoms with Crippen LogP contribution in [-0.2, 0) is 0 Å². The highest BCUT2D eigenvalue weighted by Gasteiger charge is 2.11. The Balaban J connectivity index is 1.94. The molecule has 0 aliphatic carbocycles. The molecule has 0 fully saturated rings. The third-order valence-electron chi connectivity index (χ3n) is 4.05. The number of nitrogens with zero attached hydrogens (tertiary/aromatic N) is 1. The number of nitrogens with two attached hydrogens (primary N) is 1. The first-order chi connectivity index (χ1) is 10.8. The molecule has 0 spiro atoms. The van der Waals surface area contributed by atoms with Crippen molar-refractivity contribution < 1.29 is 0 Å². The van der Waals surface area contributed by atoms with Gasteiger partial charge in [-0.2, -0.15) is 0 Å². The van der Waals surface area contributed by atoms with Gasteiger partial charge in [0.25, 0.3) is 0 Å². The zero-order chi connectivity index (χ0) is 14.9. The molecule has 0 aliphatic rings. The summed E-state index contributed by atoms with van der Waals surface area (Å²) in [4.78, 5) is 0. The van der Waals surface area contributed by atoms with Gasteiger partial charge < -0.3 is 0 Å². The first-order valence-electron chi connectivity index (χ1n) is 7.35. The van der Waals surface area contributed by atoms with Crippen molar-refractivity contribution in [3.8, 4) is 0 Å². The molecule has 0 atom stereocenters. The molecule has 2 N–H and O–H groups in total. The first-order valence-corrected chi connectivity index (χ1v) is 7.35. The Labute approximate surface area is 129 Å². The summed E-state index contributed by atoms with van der Waals surface area (Å²) in [6.07, 6.45) is 0. The van der Waals surface area contributed by atoms with Gasteiger partial charge in [-0.1, -0.05) is 72.8 Å². The summed E-state index contributed by atoms with van der Waals surface area (Å²) in [5.41, 5.74) is 2.02. The van der Waals surface area contributed by atoms with Crippen molar-refractivity contribution in [3.63, 3.8) is 0 Å². The van der Waals surface area contributed by atoms with Gasteiger partial charge in [-0.3, -0.25) is 5.01 Å². The summed E-state index contributed by atoms with van der Waals surface area (Å²) in [6.45, 7) is 0. The number of hydrogen-bond donors (Lipinski definition) is 1. The first kappa shape index (κ1) is 12.9. The van der Waals surface area contributed by atoms with Crippen molar-refractivity contribution in [1.29, 1.82) is 0 Å². The van der Waals surface area contributed by atoms with Crippen LogP contribution >= 0.6 is 0 Å². The van der Waals surface area contributed by atoms with Crippen LogP contribution in [0.3, 0.4) is 0 Å². The van der Waals surface area contributed by atoms with Crippen molar-refractivity contribution in [2.45, 2.75) is 0 Å². The van der Waals surface area contributed by atoms with Gasteiger partial charge >= 0.3 is 0 Å². The third kappa shape index (κ3) is 2.01. The van der Waals surface area contributed by atoms with E-state index in [9.17, 15) is 0 Å². The van der Waals surface area contributed by atoms with Gasteiger partial charge in [-0.25, -0.2) is 5.84 Å². The molecular weight excluding hydrogens is 268 g/mol. The second-order valence-electron chi connectivity index (χ2n) is 5.37. The summed E-state index contributed by atoms with van der Waals surface area (Å²) in [5, 5.41) is 6.47. The summed E-state index contributed by atoms with van der Waals surface area (Å²) < 4.78 is 0. The number of hydrazine groups is 1. The van der Waals surface area contributed by atoms with E-state index >= 15 is 0 Å². The molecule has 0 saturated heterocycles. The van der Waals surface area contributed by atoms with Crippen LogP contribution in [0.5, 0.6) is 0 Å². The Morgan fingerprint density at radius 3 is 1.41 bits per heavy atom. The zero-order valence-corrected chi connectivity index (χ0v) is 12.1. The standard InChI is InChI=1S/C20H16N2/c21-22(19-13-5-9-15-7-1-3-11-17(15)19)20-14-6-10-16-8-2-4-12-18(16)20/h1-14H,21H2. The van der Waals surface area contributed by atoms with Crippen molar-refractivity contribution >= 4 is 32.9 Å². The third-order valence-corrected chi connectivity index (χ3v) is 4.05. The Hall–Kier alpha value is -2.84. The van der Waals surface area contributed by atoms with E-state index in [0.29, 0.717) is 0 Å². The van der Waals surface area contributed by atoms with Crippen molar-refractivity contribution in [2.75, 3.05) is 5.01 Å². The second-order valence-corrected chi connectivity index (χ2v) is 5.37. The average molecular weight is 284 g/mol. The molecule has 0 saturated carbocycles. The quantitative estimate of drug-likeness (QED) is 0.414. The van der Waals surface area contributed by atoms with E-state index in [0.717, 1.165) is 22.1 Å². The van der Waals surface area contributed by atoms with Gasteiger partial charge in [-0.05, 0) is 22.9 Å². The molecule has 0 heterocycles. The molecule has 106 valence electrons. The number of hydrogen-bond acceptors (Lipinski definition) is 2. The highest BCUT2D eigenvalue weighted by Crippen LogP contribution is 2.33. The molecule has 2 nitrogen and oxygen atoms in total. The zero-order valence-electron chi connectivity index (χ0n) is 12.1. The maximum atomic E-state index is 6.48. The van der Waals surface area contributed by atoms with Gasteiger partial charge in [0.15, 0.2) is 0 Å². The van der Waals surface area contributed by atoms with E-state index in [-0.39, 0.29) is 0 Å². The summed E-state index contributed by atoms with van der Waals surface area (Å²) in [5.74, 6) is 6.48. The minimum absolute atomic E-state index is 1.01. The number of anilines is 2. The number of benzene rings is 4. The molecule has 2 heteroatoms. The van der Waals surface area contributed by atoms with Gasteiger partial charge in [0.05, 0.1) is 11.4 Å². The van der Waals surface area contributed by atoms with Crippen LogP contribution in [0.15, 0.2) is 84.9 Å². The molecular formula is C20H16N2. The van der Waals surface area contributed by atoms with Crippen molar-refractivity contribution in [3.05, 3.63) is 84.9 Å². The SMILES string of the molecule is NN(c1cccc2ccccc12)c1cccc2ccccc12. The fraction of sp³-hybridized carbons (Fsp3) is 0.